The molecule has 0 aliphatic rings. The van der Waals surface area contributed by atoms with Gasteiger partial charge in [0.15, 0.2) is 0 Å². The van der Waals surface area contributed by atoms with Crippen molar-refractivity contribution >= 4 is 6.98 Å². The molecule has 0 saturated heterocycles. The Labute approximate surface area is 131 Å². The van der Waals surface area contributed by atoms with Gasteiger partial charge in [-0.05, 0) is 19.1 Å². The molecule has 0 unspecified atom stereocenters. The fourth-order valence-corrected chi connectivity index (χ4v) is 1.31. The fraction of sp³-hybridized carbons (Fsp3) is 0.333. The van der Waals surface area contributed by atoms with E-state index < -0.39 is 13.4 Å². The molecule has 1 rings (SSSR count). The largest absolute Gasteiger partial charge is 1.00 e. The molecular weight excluding hydrogens is 229 g/mol. The maximum atomic E-state index is 12.0. The zero-order valence-electron chi connectivity index (χ0n) is 8.96. The van der Waals surface area contributed by atoms with E-state index >= 15 is 0 Å². The second-order valence-corrected chi connectivity index (χ2v) is 3.39. The molecular formula is C9H12BF3KN. The van der Waals surface area contributed by atoms with Gasteiger partial charge in [-0.15, -0.1) is 0 Å². The maximum Gasteiger partial charge on any atom is 1.00 e. The third-order valence-electron chi connectivity index (χ3n) is 1.81. The van der Waals surface area contributed by atoms with Gasteiger partial charge in [0.2, 0.25) is 0 Å². The average molecular weight is 241 g/mol. The van der Waals surface area contributed by atoms with Crippen molar-refractivity contribution in [1.29, 1.82) is 0 Å². The summed E-state index contributed by atoms with van der Waals surface area (Å²) in [6.07, 6.45) is -0.811. The van der Waals surface area contributed by atoms with Gasteiger partial charge in [0, 0.05) is 6.54 Å². The second kappa shape index (κ2) is 7.09. The van der Waals surface area contributed by atoms with E-state index in [1.165, 1.54) is 11.9 Å². The van der Waals surface area contributed by atoms with Gasteiger partial charge in [0.05, 0.1) is 0 Å². The first-order chi connectivity index (χ1) is 6.47. The van der Waals surface area contributed by atoms with Crippen LogP contribution in [0.25, 0.3) is 0 Å². The maximum absolute atomic E-state index is 12.0. The van der Waals surface area contributed by atoms with Crippen LogP contribution >= 0.6 is 0 Å². The monoisotopic (exact) mass is 241 g/mol. The van der Waals surface area contributed by atoms with Crippen LogP contribution in [0.5, 0.6) is 0 Å². The Hall–Kier alpha value is 0.671. The molecule has 0 amide bonds. The summed E-state index contributed by atoms with van der Waals surface area (Å²) in [6, 6.07) is 9.13. The molecule has 78 valence electrons. The van der Waals surface area contributed by atoms with Crippen molar-refractivity contribution in [2.45, 2.75) is 6.54 Å². The van der Waals surface area contributed by atoms with Crippen LogP contribution in [-0.4, -0.2) is 25.4 Å². The van der Waals surface area contributed by atoms with E-state index in [-0.39, 0.29) is 51.4 Å². The molecule has 0 N–H and O–H groups in total. The van der Waals surface area contributed by atoms with Gasteiger partial charge in [-0.1, -0.05) is 30.3 Å². The molecule has 0 heterocycles. The van der Waals surface area contributed by atoms with E-state index in [9.17, 15) is 12.9 Å². The molecule has 0 aliphatic carbocycles. The first-order valence-electron chi connectivity index (χ1n) is 4.41. The Balaban J connectivity index is 0.00000196. The van der Waals surface area contributed by atoms with Crippen LogP contribution in [0, 0.1) is 0 Å². The number of rotatable bonds is 4. The van der Waals surface area contributed by atoms with Crippen LogP contribution in [0.15, 0.2) is 30.3 Å². The second-order valence-electron chi connectivity index (χ2n) is 3.39. The van der Waals surface area contributed by atoms with E-state index in [1.807, 2.05) is 30.3 Å². The van der Waals surface area contributed by atoms with Gasteiger partial charge in [-0.2, -0.15) is 0 Å². The number of hydrogen-bond acceptors (Lipinski definition) is 1. The molecule has 0 spiro atoms. The van der Waals surface area contributed by atoms with Crippen molar-refractivity contribution in [2.24, 2.45) is 0 Å². The molecule has 0 saturated carbocycles. The van der Waals surface area contributed by atoms with E-state index in [4.69, 9.17) is 0 Å². The van der Waals surface area contributed by atoms with E-state index in [0.717, 1.165) is 5.56 Å². The Bertz CT molecular complexity index is 278. The molecule has 0 fully saturated rings. The molecule has 1 aromatic rings. The van der Waals surface area contributed by atoms with E-state index in [2.05, 4.69) is 0 Å². The summed E-state index contributed by atoms with van der Waals surface area (Å²) >= 11 is 0. The number of hydrogen-bond donors (Lipinski definition) is 0. The topological polar surface area (TPSA) is 3.24 Å². The van der Waals surface area contributed by atoms with Crippen molar-refractivity contribution in [2.75, 3.05) is 13.5 Å². The normalized spacial score (nSPS) is 11.3. The van der Waals surface area contributed by atoms with Crippen LogP contribution in [0.4, 0.5) is 12.9 Å². The predicted molar refractivity (Wildman–Crippen MR) is 51.9 cm³/mol. The van der Waals surface area contributed by atoms with Gasteiger partial charge in [-0.3, -0.25) is 0 Å². The number of nitrogens with zero attached hydrogens (tertiary/aromatic N) is 1. The van der Waals surface area contributed by atoms with Crippen molar-refractivity contribution in [3.8, 4) is 0 Å². The Kier molecular flexibility index (Phi) is 7.40. The van der Waals surface area contributed by atoms with Gasteiger partial charge < -0.3 is 17.8 Å². The molecule has 0 atom stereocenters. The number of halogens is 3. The molecule has 1 nitrogen and oxygen atoms in total. The summed E-state index contributed by atoms with van der Waals surface area (Å²) in [7, 11) is 1.47. The third kappa shape index (κ3) is 7.54. The Morgan fingerprint density at radius 1 is 1.13 bits per heavy atom. The van der Waals surface area contributed by atoms with Crippen molar-refractivity contribution < 1.29 is 64.3 Å². The molecule has 0 aliphatic heterocycles. The molecule has 6 heteroatoms. The van der Waals surface area contributed by atoms with Crippen molar-refractivity contribution in [3.05, 3.63) is 35.9 Å². The molecule has 0 radical (unpaired) electrons. The van der Waals surface area contributed by atoms with E-state index in [1.54, 1.807) is 0 Å². The Morgan fingerprint density at radius 3 is 2.13 bits per heavy atom. The zero-order chi connectivity index (χ0) is 10.6. The van der Waals surface area contributed by atoms with Gasteiger partial charge in [0.1, 0.15) is 0 Å². The van der Waals surface area contributed by atoms with Crippen LogP contribution in [-0.2, 0) is 6.54 Å². The minimum Gasteiger partial charge on any atom is -0.448 e. The summed E-state index contributed by atoms with van der Waals surface area (Å²) in [5, 5.41) is 0. The Morgan fingerprint density at radius 2 is 1.67 bits per heavy atom. The standard InChI is InChI=1S/C9H12BF3N.K/c1-14(8-10(11,12)13)7-9-5-3-2-4-6-9;/h2-6H,7-8H2,1H3;/q-1;+1. The fourth-order valence-electron chi connectivity index (χ4n) is 1.31. The first kappa shape index (κ1) is 15.7. The summed E-state index contributed by atoms with van der Waals surface area (Å²) in [6.45, 7) is -4.38. The van der Waals surface area contributed by atoms with Gasteiger partial charge in [-0.25, -0.2) is 0 Å². The van der Waals surface area contributed by atoms with Gasteiger partial charge in [0.25, 0.3) is 0 Å². The minimum atomic E-state index is -4.72. The van der Waals surface area contributed by atoms with Crippen LogP contribution in [0.1, 0.15) is 5.56 Å². The van der Waals surface area contributed by atoms with Crippen LogP contribution in [0.2, 0.25) is 0 Å². The van der Waals surface area contributed by atoms with Crippen molar-refractivity contribution in [1.82, 2.24) is 4.90 Å². The smallest absolute Gasteiger partial charge is 0.448 e. The van der Waals surface area contributed by atoms with Gasteiger partial charge >= 0.3 is 58.4 Å². The number of benzene rings is 1. The SMILES string of the molecule is CN(Cc1ccccc1)C[B-](F)(F)F.[K+]. The predicted octanol–water partition coefficient (Wildman–Crippen LogP) is -0.491. The van der Waals surface area contributed by atoms with Crippen LogP contribution < -0.4 is 51.4 Å². The zero-order valence-corrected chi connectivity index (χ0v) is 12.1. The van der Waals surface area contributed by atoms with Crippen LogP contribution in [0.3, 0.4) is 0 Å². The summed E-state index contributed by atoms with van der Waals surface area (Å²) in [4.78, 5) is 1.27. The average Bonchev–Trinajstić information content (AvgIpc) is 2.02. The minimum absolute atomic E-state index is 0. The molecule has 0 bridgehead atoms. The summed E-state index contributed by atoms with van der Waals surface area (Å²) in [5.74, 6) is 0. The molecule has 15 heavy (non-hydrogen) atoms. The van der Waals surface area contributed by atoms with E-state index in [0.29, 0.717) is 6.54 Å². The summed E-state index contributed by atoms with van der Waals surface area (Å²) < 4.78 is 36.1. The van der Waals surface area contributed by atoms with Crippen molar-refractivity contribution in [3.63, 3.8) is 0 Å². The molecule has 0 aromatic heterocycles. The first-order valence-corrected chi connectivity index (χ1v) is 4.41. The quantitative estimate of drug-likeness (QED) is 0.643. The summed E-state index contributed by atoms with van der Waals surface area (Å²) in [5.41, 5.74) is 0.898. The molecule has 1 aromatic carbocycles. The third-order valence-corrected chi connectivity index (χ3v) is 1.81.